The number of hydrogen-bond acceptors (Lipinski definition) is 5. The molecule has 6 heteroatoms. The second kappa shape index (κ2) is 7.83. The standard InChI is InChI=1S/C19H17N5O/c1-14-12-18(24-21-14)20-13-17(19(25)15-8-4-2-5-9-15)23-22-16-10-6-3-7-11-16/h2-13,22H,1H3,(H,21,24)/b20-13?,23-17+. The Morgan fingerprint density at radius 2 is 1.76 bits per heavy atom. The number of rotatable bonds is 6. The largest absolute Gasteiger partial charge is 0.287 e. The summed E-state index contributed by atoms with van der Waals surface area (Å²) in [6.07, 6.45) is 1.42. The van der Waals surface area contributed by atoms with Gasteiger partial charge in [0.2, 0.25) is 5.78 Å². The average Bonchev–Trinajstić information content (AvgIpc) is 3.08. The van der Waals surface area contributed by atoms with Gasteiger partial charge in [-0.25, -0.2) is 4.99 Å². The number of aromatic amines is 1. The van der Waals surface area contributed by atoms with Crippen LogP contribution in [-0.2, 0) is 0 Å². The summed E-state index contributed by atoms with van der Waals surface area (Å²) < 4.78 is 0. The number of benzene rings is 2. The molecule has 0 aliphatic heterocycles. The Balaban J connectivity index is 1.87. The lowest BCUT2D eigenvalue weighted by molar-refractivity contribution is 0.106. The van der Waals surface area contributed by atoms with Gasteiger partial charge < -0.3 is 0 Å². The smallest absolute Gasteiger partial charge is 0.214 e. The van der Waals surface area contributed by atoms with E-state index in [-0.39, 0.29) is 11.5 Å². The van der Waals surface area contributed by atoms with Gasteiger partial charge in [0.15, 0.2) is 5.82 Å². The topological polar surface area (TPSA) is 82.5 Å². The summed E-state index contributed by atoms with van der Waals surface area (Å²) in [6.45, 7) is 1.88. The predicted molar refractivity (Wildman–Crippen MR) is 99.7 cm³/mol. The summed E-state index contributed by atoms with van der Waals surface area (Å²) in [5, 5.41) is 11.1. The Morgan fingerprint density at radius 3 is 2.40 bits per heavy atom. The molecule has 6 nitrogen and oxygen atoms in total. The Hall–Kier alpha value is -3.54. The minimum Gasteiger partial charge on any atom is -0.287 e. The first-order valence-corrected chi connectivity index (χ1v) is 7.77. The second-order valence-corrected chi connectivity index (χ2v) is 5.34. The van der Waals surface area contributed by atoms with E-state index >= 15 is 0 Å². The number of Topliss-reactive ketones (excluding diaryl/α,β-unsaturated/α-hetero) is 1. The summed E-state index contributed by atoms with van der Waals surface area (Å²) in [7, 11) is 0. The van der Waals surface area contributed by atoms with E-state index in [0.29, 0.717) is 11.4 Å². The molecule has 0 fully saturated rings. The zero-order valence-electron chi connectivity index (χ0n) is 13.7. The minimum absolute atomic E-state index is 0.190. The molecular formula is C19H17N5O. The van der Waals surface area contributed by atoms with Crippen LogP contribution in [0.2, 0.25) is 0 Å². The van der Waals surface area contributed by atoms with Crippen LogP contribution in [0.1, 0.15) is 16.1 Å². The van der Waals surface area contributed by atoms with Crippen LogP contribution in [0.15, 0.2) is 76.8 Å². The summed E-state index contributed by atoms with van der Waals surface area (Å²) in [5.74, 6) is 0.269. The Labute approximate surface area is 145 Å². The minimum atomic E-state index is -0.222. The SMILES string of the molecule is Cc1cc(N=C/C(=N\Nc2ccccc2)C(=O)c2ccccc2)n[nH]1. The van der Waals surface area contributed by atoms with Crippen molar-refractivity contribution >= 4 is 29.2 Å². The zero-order valence-corrected chi connectivity index (χ0v) is 13.7. The molecule has 2 N–H and O–H groups in total. The third-order valence-corrected chi connectivity index (χ3v) is 3.36. The quantitative estimate of drug-likeness (QED) is 0.410. The highest BCUT2D eigenvalue weighted by Crippen LogP contribution is 2.09. The number of carbonyl (C=O) groups excluding carboxylic acids is 1. The van der Waals surface area contributed by atoms with E-state index < -0.39 is 0 Å². The highest BCUT2D eigenvalue weighted by molar-refractivity contribution is 6.65. The molecule has 0 aliphatic rings. The Kier molecular flexibility index (Phi) is 5.11. The maximum atomic E-state index is 12.7. The molecule has 0 atom stereocenters. The van der Waals surface area contributed by atoms with Crippen LogP contribution in [0.3, 0.4) is 0 Å². The molecule has 1 heterocycles. The Bertz CT molecular complexity index is 898. The van der Waals surface area contributed by atoms with E-state index in [1.165, 1.54) is 6.21 Å². The third kappa shape index (κ3) is 4.48. The van der Waals surface area contributed by atoms with Crippen molar-refractivity contribution in [1.82, 2.24) is 10.2 Å². The van der Waals surface area contributed by atoms with E-state index in [1.807, 2.05) is 55.5 Å². The fraction of sp³-hybridized carbons (Fsp3) is 0.0526. The van der Waals surface area contributed by atoms with Crippen LogP contribution in [0.25, 0.3) is 0 Å². The molecular weight excluding hydrogens is 314 g/mol. The van der Waals surface area contributed by atoms with Crippen LogP contribution < -0.4 is 5.43 Å². The molecule has 2 aromatic carbocycles. The molecule has 0 unspecified atom stereocenters. The van der Waals surface area contributed by atoms with Gasteiger partial charge in [-0.2, -0.15) is 10.2 Å². The van der Waals surface area contributed by atoms with Gasteiger partial charge in [0.1, 0.15) is 5.71 Å². The molecule has 3 rings (SSSR count). The maximum absolute atomic E-state index is 12.7. The van der Waals surface area contributed by atoms with Crippen LogP contribution in [0.5, 0.6) is 0 Å². The number of H-pyrrole nitrogens is 1. The van der Waals surface area contributed by atoms with Crippen LogP contribution in [0, 0.1) is 6.92 Å². The van der Waals surface area contributed by atoms with Crippen molar-refractivity contribution in [3.63, 3.8) is 0 Å². The molecule has 124 valence electrons. The van der Waals surface area contributed by atoms with Gasteiger partial charge in [-0.15, -0.1) is 0 Å². The second-order valence-electron chi connectivity index (χ2n) is 5.34. The fourth-order valence-corrected chi connectivity index (χ4v) is 2.11. The van der Waals surface area contributed by atoms with Gasteiger partial charge in [0.05, 0.1) is 11.9 Å². The first-order chi connectivity index (χ1) is 12.2. The third-order valence-electron chi connectivity index (χ3n) is 3.36. The van der Waals surface area contributed by atoms with Crippen molar-refractivity contribution in [3.8, 4) is 0 Å². The van der Waals surface area contributed by atoms with Gasteiger partial charge in [0, 0.05) is 17.3 Å². The molecule has 0 amide bonds. The summed E-state index contributed by atoms with van der Waals surface area (Å²) in [5.41, 5.74) is 5.29. The molecule has 25 heavy (non-hydrogen) atoms. The highest BCUT2D eigenvalue weighted by Gasteiger charge is 2.12. The van der Waals surface area contributed by atoms with Gasteiger partial charge >= 0.3 is 0 Å². The molecule has 0 saturated heterocycles. The van der Waals surface area contributed by atoms with Crippen molar-refractivity contribution < 1.29 is 4.79 Å². The number of nitrogens with one attached hydrogen (secondary N) is 2. The van der Waals surface area contributed by atoms with Gasteiger partial charge in [-0.3, -0.25) is 15.3 Å². The number of ketones is 1. The van der Waals surface area contributed by atoms with Gasteiger partial charge in [-0.1, -0.05) is 48.5 Å². The zero-order chi connectivity index (χ0) is 17.5. The fourth-order valence-electron chi connectivity index (χ4n) is 2.11. The van der Waals surface area contributed by atoms with Crippen LogP contribution >= 0.6 is 0 Å². The molecule has 0 bridgehead atoms. The van der Waals surface area contributed by atoms with E-state index in [4.69, 9.17) is 0 Å². The summed E-state index contributed by atoms with van der Waals surface area (Å²) in [4.78, 5) is 16.9. The lowest BCUT2D eigenvalue weighted by atomic mass is 10.1. The van der Waals surface area contributed by atoms with Crippen molar-refractivity contribution in [2.24, 2.45) is 10.1 Å². The number of aromatic nitrogens is 2. The number of carbonyl (C=O) groups is 1. The molecule has 0 aliphatic carbocycles. The van der Waals surface area contributed by atoms with E-state index in [9.17, 15) is 4.79 Å². The number of aliphatic imine (C=N–C) groups is 1. The van der Waals surface area contributed by atoms with Crippen molar-refractivity contribution in [2.75, 3.05) is 5.43 Å². The first kappa shape index (κ1) is 16.3. The molecule has 0 spiro atoms. The Morgan fingerprint density at radius 1 is 1.08 bits per heavy atom. The molecule has 3 aromatic rings. The van der Waals surface area contributed by atoms with Gasteiger partial charge in [0.25, 0.3) is 0 Å². The predicted octanol–water partition coefficient (Wildman–Crippen LogP) is 3.77. The number of nitrogens with zero attached hydrogens (tertiary/aromatic N) is 3. The number of hydrogen-bond donors (Lipinski definition) is 2. The van der Waals surface area contributed by atoms with Crippen molar-refractivity contribution in [3.05, 3.63) is 78.0 Å². The average molecular weight is 331 g/mol. The normalized spacial score (nSPS) is 11.6. The monoisotopic (exact) mass is 331 g/mol. The highest BCUT2D eigenvalue weighted by atomic mass is 16.1. The van der Waals surface area contributed by atoms with Crippen LogP contribution in [0.4, 0.5) is 11.5 Å². The van der Waals surface area contributed by atoms with E-state index in [0.717, 1.165) is 11.4 Å². The van der Waals surface area contributed by atoms with E-state index in [1.54, 1.807) is 18.2 Å². The lowest BCUT2D eigenvalue weighted by Crippen LogP contribution is -2.17. The summed E-state index contributed by atoms with van der Waals surface area (Å²) >= 11 is 0. The lowest BCUT2D eigenvalue weighted by Gasteiger charge is -2.03. The summed E-state index contributed by atoms with van der Waals surface area (Å²) in [6, 6.07) is 20.2. The van der Waals surface area contributed by atoms with Gasteiger partial charge in [-0.05, 0) is 19.1 Å². The molecule has 0 radical (unpaired) electrons. The number of hydrazone groups is 1. The number of anilines is 1. The maximum Gasteiger partial charge on any atom is 0.214 e. The first-order valence-electron chi connectivity index (χ1n) is 7.77. The molecule has 1 aromatic heterocycles. The van der Waals surface area contributed by atoms with Crippen molar-refractivity contribution in [2.45, 2.75) is 6.92 Å². The number of aryl methyl sites for hydroxylation is 1. The number of para-hydroxylation sites is 1. The van der Waals surface area contributed by atoms with E-state index in [2.05, 4.69) is 25.7 Å². The molecule has 0 saturated carbocycles. The van der Waals surface area contributed by atoms with Crippen molar-refractivity contribution in [1.29, 1.82) is 0 Å². The van der Waals surface area contributed by atoms with Crippen LogP contribution in [-0.4, -0.2) is 27.9 Å².